The van der Waals surface area contributed by atoms with Crippen LogP contribution in [0, 0.1) is 6.92 Å². The van der Waals surface area contributed by atoms with Gasteiger partial charge in [-0.3, -0.25) is 0 Å². The molecule has 0 heterocycles. The van der Waals surface area contributed by atoms with E-state index in [0.29, 0.717) is 0 Å². The zero-order valence-electron chi connectivity index (χ0n) is 4.54. The molecule has 41 valence electrons. The van der Waals surface area contributed by atoms with Crippen molar-refractivity contribution in [2.75, 3.05) is 0 Å². The molecular formula is C7H7V-. The minimum atomic E-state index is 0. The monoisotopic (exact) mass is 142 g/mol. The molecule has 0 saturated carbocycles. The van der Waals surface area contributed by atoms with Crippen molar-refractivity contribution in [3.05, 3.63) is 42.8 Å². The van der Waals surface area contributed by atoms with Crippen molar-refractivity contribution in [3.8, 4) is 0 Å². The van der Waals surface area contributed by atoms with Gasteiger partial charge < -0.3 is 0 Å². The van der Waals surface area contributed by atoms with Gasteiger partial charge in [-0.2, -0.15) is 24.6 Å². The molecule has 0 aliphatic rings. The fourth-order valence-electron chi connectivity index (χ4n) is 0.478. The Balaban J connectivity index is 0.000000490. The van der Waals surface area contributed by atoms with Crippen molar-refractivity contribution >= 4 is 0 Å². The Morgan fingerprint density at radius 1 is 1.00 bits per heavy atom. The van der Waals surface area contributed by atoms with Crippen LogP contribution in [-0.4, -0.2) is 0 Å². The molecule has 0 amide bonds. The molecule has 0 spiro atoms. The van der Waals surface area contributed by atoms with E-state index in [1.54, 1.807) is 0 Å². The van der Waals surface area contributed by atoms with Crippen LogP contribution in [0.2, 0.25) is 0 Å². The molecule has 1 heteroatoms. The van der Waals surface area contributed by atoms with Crippen molar-refractivity contribution in [1.29, 1.82) is 0 Å². The molecule has 0 unspecified atom stereocenters. The Morgan fingerprint density at radius 3 is 1.75 bits per heavy atom. The van der Waals surface area contributed by atoms with Gasteiger partial charge in [-0.05, 0) is 0 Å². The van der Waals surface area contributed by atoms with Gasteiger partial charge in [0, 0.05) is 18.6 Å². The smallest absolute Gasteiger partial charge is 0 e. The number of benzene rings is 1. The van der Waals surface area contributed by atoms with Gasteiger partial charge in [0.1, 0.15) is 0 Å². The van der Waals surface area contributed by atoms with Crippen molar-refractivity contribution in [1.82, 2.24) is 0 Å². The van der Waals surface area contributed by atoms with Crippen LogP contribution in [0.25, 0.3) is 0 Å². The molecule has 0 bridgehead atoms. The van der Waals surface area contributed by atoms with Crippen molar-refractivity contribution in [2.45, 2.75) is 0 Å². The quantitative estimate of drug-likeness (QED) is 0.485. The minimum absolute atomic E-state index is 0. The first-order chi connectivity index (χ1) is 3.39. The molecule has 8 heavy (non-hydrogen) atoms. The maximum absolute atomic E-state index is 3.72. The molecule has 0 nitrogen and oxygen atoms in total. The molecule has 1 rings (SSSR count). The van der Waals surface area contributed by atoms with E-state index < -0.39 is 0 Å². The Labute approximate surface area is 61.8 Å². The van der Waals surface area contributed by atoms with Gasteiger partial charge in [-0.15, -0.1) is 12.1 Å². The van der Waals surface area contributed by atoms with Crippen LogP contribution in [0.3, 0.4) is 0 Å². The predicted molar refractivity (Wildman–Crippen MR) is 30.9 cm³/mol. The topological polar surface area (TPSA) is 0 Å². The second-order valence-corrected chi connectivity index (χ2v) is 1.49. The third-order valence-electron chi connectivity index (χ3n) is 0.843. The van der Waals surface area contributed by atoms with E-state index >= 15 is 0 Å². The fraction of sp³-hybridized carbons (Fsp3) is 0. The van der Waals surface area contributed by atoms with Gasteiger partial charge in [-0.1, -0.05) is 6.07 Å². The van der Waals surface area contributed by atoms with Crippen molar-refractivity contribution in [3.63, 3.8) is 0 Å². The van der Waals surface area contributed by atoms with Crippen LogP contribution in [0.15, 0.2) is 30.3 Å². The summed E-state index contributed by atoms with van der Waals surface area (Å²) in [5, 5.41) is 0. The average Bonchev–Trinajstić information content (AvgIpc) is 1.69. The normalized spacial score (nSPS) is 7.50. The molecule has 0 aromatic heterocycles. The molecule has 1 aromatic carbocycles. The molecule has 0 aliphatic heterocycles. The van der Waals surface area contributed by atoms with E-state index in [4.69, 9.17) is 0 Å². The summed E-state index contributed by atoms with van der Waals surface area (Å²) in [6.45, 7) is 3.72. The van der Waals surface area contributed by atoms with Crippen LogP contribution < -0.4 is 0 Å². The maximum Gasteiger partial charge on any atom is 0 e. The summed E-state index contributed by atoms with van der Waals surface area (Å²) in [4.78, 5) is 0. The van der Waals surface area contributed by atoms with Crippen LogP contribution >= 0.6 is 0 Å². The van der Waals surface area contributed by atoms with Gasteiger partial charge in [0.25, 0.3) is 0 Å². The third kappa shape index (κ3) is 2.11. The number of hydrogen-bond acceptors (Lipinski definition) is 0. The largest absolute Gasteiger partial charge is 0.199 e. The van der Waals surface area contributed by atoms with Crippen LogP contribution in [0.5, 0.6) is 0 Å². The maximum atomic E-state index is 3.72. The van der Waals surface area contributed by atoms with Crippen molar-refractivity contribution in [2.24, 2.45) is 0 Å². The summed E-state index contributed by atoms with van der Waals surface area (Å²) in [5.41, 5.74) is 1.07. The molecule has 0 saturated heterocycles. The molecule has 0 atom stereocenters. The Bertz CT molecular complexity index is 134. The van der Waals surface area contributed by atoms with E-state index in [-0.39, 0.29) is 18.6 Å². The van der Waals surface area contributed by atoms with Gasteiger partial charge in [0.2, 0.25) is 0 Å². The fourth-order valence-corrected chi connectivity index (χ4v) is 0.478. The summed E-state index contributed by atoms with van der Waals surface area (Å²) in [7, 11) is 0. The minimum Gasteiger partial charge on any atom is -0.199 e. The summed E-state index contributed by atoms with van der Waals surface area (Å²) in [5.74, 6) is 0. The molecule has 0 N–H and O–H groups in total. The third-order valence-corrected chi connectivity index (χ3v) is 0.843. The Kier molecular flexibility index (Phi) is 3.50. The van der Waals surface area contributed by atoms with E-state index in [0.717, 1.165) is 5.56 Å². The number of rotatable bonds is 0. The summed E-state index contributed by atoms with van der Waals surface area (Å²) >= 11 is 0. The SMILES string of the molecule is [CH2-]c1ccccc1.[V]. The predicted octanol–water partition coefficient (Wildman–Crippen LogP) is 1.87. The van der Waals surface area contributed by atoms with E-state index in [9.17, 15) is 0 Å². The molecule has 0 fully saturated rings. The first kappa shape index (κ1) is 7.67. The molecule has 1 radical (unpaired) electrons. The average molecular weight is 142 g/mol. The van der Waals surface area contributed by atoms with Gasteiger partial charge in [-0.25, -0.2) is 0 Å². The zero-order valence-corrected chi connectivity index (χ0v) is 5.94. The van der Waals surface area contributed by atoms with Gasteiger partial charge in [0.05, 0.1) is 0 Å². The van der Waals surface area contributed by atoms with E-state index in [1.807, 2.05) is 30.3 Å². The molecular weight excluding hydrogens is 135 g/mol. The van der Waals surface area contributed by atoms with E-state index in [2.05, 4.69) is 6.92 Å². The standard InChI is InChI=1S/C7H7.V/c1-7-5-3-2-4-6-7;/h2-6H,1H2;/q-1;. The summed E-state index contributed by atoms with van der Waals surface area (Å²) in [6, 6.07) is 9.87. The van der Waals surface area contributed by atoms with Crippen molar-refractivity contribution < 1.29 is 18.6 Å². The van der Waals surface area contributed by atoms with Gasteiger partial charge in [0.15, 0.2) is 0 Å². The van der Waals surface area contributed by atoms with Crippen LogP contribution in [0.4, 0.5) is 0 Å². The van der Waals surface area contributed by atoms with E-state index in [1.165, 1.54) is 0 Å². The number of hydrogen-bond donors (Lipinski definition) is 0. The van der Waals surface area contributed by atoms with Crippen LogP contribution in [0.1, 0.15) is 5.56 Å². The Hall–Kier alpha value is -0.326. The second-order valence-electron chi connectivity index (χ2n) is 1.49. The summed E-state index contributed by atoms with van der Waals surface area (Å²) in [6.07, 6.45) is 0. The van der Waals surface area contributed by atoms with Crippen LogP contribution in [-0.2, 0) is 18.6 Å². The first-order valence-electron chi connectivity index (χ1n) is 2.26. The molecule has 1 aromatic rings. The zero-order chi connectivity index (χ0) is 5.11. The Morgan fingerprint density at radius 2 is 1.50 bits per heavy atom. The molecule has 0 aliphatic carbocycles. The van der Waals surface area contributed by atoms with Gasteiger partial charge >= 0.3 is 0 Å². The second kappa shape index (κ2) is 3.65. The first-order valence-corrected chi connectivity index (χ1v) is 2.26. The summed E-state index contributed by atoms with van der Waals surface area (Å²) < 4.78 is 0.